The fraction of sp³-hybridized carbons (Fsp3) is 0.385. The fourth-order valence-electron chi connectivity index (χ4n) is 1.78. The van der Waals surface area contributed by atoms with Crippen LogP contribution in [0.25, 0.3) is 0 Å². The van der Waals surface area contributed by atoms with E-state index < -0.39 is 5.97 Å². The van der Waals surface area contributed by atoms with Gasteiger partial charge in [-0.1, -0.05) is 0 Å². The van der Waals surface area contributed by atoms with Gasteiger partial charge in [0.1, 0.15) is 0 Å². The molecule has 1 unspecified atom stereocenters. The van der Waals surface area contributed by atoms with Crippen molar-refractivity contribution in [2.24, 2.45) is 0 Å². The summed E-state index contributed by atoms with van der Waals surface area (Å²) in [7, 11) is 0. The number of carbonyl (C=O) groups excluding carboxylic acids is 1. The van der Waals surface area contributed by atoms with Crippen LogP contribution >= 0.6 is 22.6 Å². The van der Waals surface area contributed by atoms with Gasteiger partial charge in [0.25, 0.3) is 5.91 Å². The van der Waals surface area contributed by atoms with Crippen LogP contribution in [-0.2, 0) is 4.79 Å². The van der Waals surface area contributed by atoms with E-state index in [1.807, 2.05) is 19.1 Å². The second-order valence-corrected chi connectivity index (χ2v) is 5.29. The van der Waals surface area contributed by atoms with Crippen LogP contribution in [-0.4, -0.2) is 34.5 Å². The number of carboxylic acid groups (broad SMARTS) is 1. The number of halogens is 1. The van der Waals surface area contributed by atoms with E-state index in [9.17, 15) is 9.59 Å². The standard InChI is InChI=1S/C13H16INO3/c1-3-15(9(2)8-12(16)17)13(18)10-4-6-11(14)7-5-10/h4-7,9H,3,8H2,1-2H3,(H,16,17). The van der Waals surface area contributed by atoms with Gasteiger partial charge in [0.2, 0.25) is 0 Å². The van der Waals surface area contributed by atoms with Crippen LogP contribution in [0.4, 0.5) is 0 Å². The first-order chi connectivity index (χ1) is 8.45. The van der Waals surface area contributed by atoms with Crippen molar-refractivity contribution in [3.05, 3.63) is 33.4 Å². The molecule has 0 heterocycles. The second-order valence-electron chi connectivity index (χ2n) is 4.04. The van der Waals surface area contributed by atoms with Crippen LogP contribution in [0.15, 0.2) is 24.3 Å². The van der Waals surface area contributed by atoms with Crippen molar-refractivity contribution in [2.45, 2.75) is 26.3 Å². The van der Waals surface area contributed by atoms with E-state index in [-0.39, 0.29) is 18.4 Å². The van der Waals surface area contributed by atoms with E-state index >= 15 is 0 Å². The van der Waals surface area contributed by atoms with E-state index in [0.29, 0.717) is 12.1 Å². The van der Waals surface area contributed by atoms with Crippen molar-refractivity contribution in [3.63, 3.8) is 0 Å². The van der Waals surface area contributed by atoms with Crippen LogP contribution in [0.1, 0.15) is 30.6 Å². The molecule has 0 aliphatic carbocycles. The van der Waals surface area contributed by atoms with Crippen LogP contribution in [0.3, 0.4) is 0 Å². The Bertz CT molecular complexity index is 430. The van der Waals surface area contributed by atoms with Crippen molar-refractivity contribution in [3.8, 4) is 0 Å². The lowest BCUT2D eigenvalue weighted by Crippen LogP contribution is -2.39. The molecule has 18 heavy (non-hydrogen) atoms. The molecular formula is C13H16INO3. The lowest BCUT2D eigenvalue weighted by Gasteiger charge is -2.27. The van der Waals surface area contributed by atoms with Gasteiger partial charge in [0, 0.05) is 21.7 Å². The Morgan fingerprint density at radius 3 is 2.33 bits per heavy atom. The highest BCUT2D eigenvalue weighted by Crippen LogP contribution is 2.13. The zero-order valence-electron chi connectivity index (χ0n) is 10.4. The van der Waals surface area contributed by atoms with Gasteiger partial charge in [-0.3, -0.25) is 9.59 Å². The Hall–Kier alpha value is -1.11. The minimum Gasteiger partial charge on any atom is -0.481 e. The molecule has 0 bridgehead atoms. The highest BCUT2D eigenvalue weighted by molar-refractivity contribution is 14.1. The van der Waals surface area contributed by atoms with E-state index in [1.165, 1.54) is 0 Å². The van der Waals surface area contributed by atoms with Gasteiger partial charge in [-0.15, -0.1) is 0 Å². The number of rotatable bonds is 5. The molecule has 1 amide bonds. The molecule has 0 saturated carbocycles. The Labute approximate surface area is 120 Å². The molecule has 0 fully saturated rings. The molecule has 0 saturated heterocycles. The Balaban J connectivity index is 2.85. The van der Waals surface area contributed by atoms with E-state index in [1.54, 1.807) is 24.0 Å². The summed E-state index contributed by atoms with van der Waals surface area (Å²) >= 11 is 2.17. The lowest BCUT2D eigenvalue weighted by atomic mass is 10.1. The third-order valence-electron chi connectivity index (χ3n) is 2.69. The number of benzene rings is 1. The van der Waals surface area contributed by atoms with Crippen molar-refractivity contribution < 1.29 is 14.7 Å². The molecule has 0 spiro atoms. The van der Waals surface area contributed by atoms with E-state index in [2.05, 4.69) is 22.6 Å². The maximum absolute atomic E-state index is 12.2. The molecule has 1 aromatic rings. The maximum atomic E-state index is 12.2. The molecule has 1 N–H and O–H groups in total. The Kier molecular flexibility index (Phi) is 5.58. The van der Waals surface area contributed by atoms with Crippen LogP contribution in [0, 0.1) is 3.57 Å². The lowest BCUT2D eigenvalue weighted by molar-refractivity contribution is -0.138. The predicted octanol–water partition coefficient (Wildman–Crippen LogP) is 2.62. The average molecular weight is 361 g/mol. The zero-order valence-corrected chi connectivity index (χ0v) is 12.5. The number of carbonyl (C=O) groups is 2. The van der Waals surface area contributed by atoms with Crippen molar-refractivity contribution in [1.29, 1.82) is 0 Å². The molecule has 0 aliphatic heterocycles. The van der Waals surface area contributed by atoms with Gasteiger partial charge in [-0.2, -0.15) is 0 Å². The third-order valence-corrected chi connectivity index (χ3v) is 3.41. The van der Waals surface area contributed by atoms with Gasteiger partial charge in [-0.25, -0.2) is 0 Å². The minimum atomic E-state index is -0.892. The Morgan fingerprint density at radius 2 is 1.89 bits per heavy atom. The molecule has 98 valence electrons. The summed E-state index contributed by atoms with van der Waals surface area (Å²) in [6.45, 7) is 4.10. The van der Waals surface area contributed by atoms with Gasteiger partial charge in [-0.05, 0) is 60.7 Å². The van der Waals surface area contributed by atoms with Gasteiger partial charge in [0.05, 0.1) is 6.42 Å². The molecule has 4 nitrogen and oxygen atoms in total. The third kappa shape index (κ3) is 3.97. The van der Waals surface area contributed by atoms with Gasteiger partial charge >= 0.3 is 5.97 Å². The first-order valence-corrected chi connectivity index (χ1v) is 6.82. The van der Waals surface area contributed by atoms with Crippen molar-refractivity contribution in [2.75, 3.05) is 6.54 Å². The summed E-state index contributed by atoms with van der Waals surface area (Å²) in [4.78, 5) is 24.5. The number of nitrogens with zero attached hydrogens (tertiary/aromatic N) is 1. The van der Waals surface area contributed by atoms with Crippen LogP contribution in [0.5, 0.6) is 0 Å². The normalized spacial score (nSPS) is 11.9. The molecule has 0 radical (unpaired) electrons. The smallest absolute Gasteiger partial charge is 0.305 e. The zero-order chi connectivity index (χ0) is 13.7. The van der Waals surface area contributed by atoms with Gasteiger partial charge < -0.3 is 10.0 Å². The summed E-state index contributed by atoms with van der Waals surface area (Å²) in [5, 5.41) is 8.78. The number of hydrogen-bond donors (Lipinski definition) is 1. The van der Waals surface area contributed by atoms with E-state index in [4.69, 9.17) is 5.11 Å². The molecule has 0 aliphatic rings. The number of amides is 1. The average Bonchev–Trinajstić information content (AvgIpc) is 2.29. The summed E-state index contributed by atoms with van der Waals surface area (Å²) < 4.78 is 1.06. The fourth-order valence-corrected chi connectivity index (χ4v) is 2.14. The van der Waals surface area contributed by atoms with Crippen LogP contribution in [0.2, 0.25) is 0 Å². The summed E-state index contributed by atoms with van der Waals surface area (Å²) in [6, 6.07) is 6.95. The Morgan fingerprint density at radius 1 is 1.33 bits per heavy atom. The first kappa shape index (κ1) is 14.9. The molecule has 5 heteroatoms. The molecular weight excluding hydrogens is 345 g/mol. The first-order valence-electron chi connectivity index (χ1n) is 5.74. The van der Waals surface area contributed by atoms with Crippen LogP contribution < -0.4 is 0 Å². The monoisotopic (exact) mass is 361 g/mol. The number of aliphatic carboxylic acids is 1. The largest absolute Gasteiger partial charge is 0.481 e. The summed E-state index contributed by atoms with van der Waals surface area (Å²) in [6.07, 6.45) is -0.0377. The molecule has 1 aromatic carbocycles. The highest BCUT2D eigenvalue weighted by atomic mass is 127. The minimum absolute atomic E-state index is 0.0377. The topological polar surface area (TPSA) is 57.6 Å². The molecule has 1 atom stereocenters. The molecule has 1 rings (SSSR count). The maximum Gasteiger partial charge on any atom is 0.305 e. The van der Waals surface area contributed by atoms with Gasteiger partial charge in [0.15, 0.2) is 0 Å². The number of carboxylic acids is 1. The summed E-state index contributed by atoms with van der Waals surface area (Å²) in [5.74, 6) is -1.01. The van der Waals surface area contributed by atoms with Crippen molar-refractivity contribution in [1.82, 2.24) is 4.90 Å². The SMILES string of the molecule is CCN(C(=O)c1ccc(I)cc1)C(C)CC(=O)O. The van der Waals surface area contributed by atoms with Crippen molar-refractivity contribution >= 4 is 34.5 Å². The predicted molar refractivity (Wildman–Crippen MR) is 77.6 cm³/mol. The molecule has 0 aromatic heterocycles. The summed E-state index contributed by atoms with van der Waals surface area (Å²) in [5.41, 5.74) is 0.592. The highest BCUT2D eigenvalue weighted by Gasteiger charge is 2.21. The second kappa shape index (κ2) is 6.72. The van der Waals surface area contributed by atoms with E-state index in [0.717, 1.165) is 3.57 Å². The quantitative estimate of drug-likeness (QED) is 0.821. The number of hydrogen-bond acceptors (Lipinski definition) is 2.